The molecule has 0 unspecified atom stereocenters. The molecule has 0 fully saturated rings. The van der Waals surface area contributed by atoms with Crippen molar-refractivity contribution in [1.82, 2.24) is 5.32 Å². The molecular weight excluding hydrogens is 484 g/mol. The van der Waals surface area contributed by atoms with Crippen LogP contribution >= 0.6 is 11.6 Å². The third-order valence-electron chi connectivity index (χ3n) is 5.26. The summed E-state index contributed by atoms with van der Waals surface area (Å²) >= 11 is 5.86. The van der Waals surface area contributed by atoms with Crippen LogP contribution in [0.2, 0.25) is 5.02 Å². The molecule has 0 aliphatic rings. The first-order valence-electron chi connectivity index (χ1n) is 10.6. The molecule has 0 bridgehead atoms. The van der Waals surface area contributed by atoms with Crippen molar-refractivity contribution < 1.29 is 26.7 Å². The Hall–Kier alpha value is -2.97. The monoisotopic (exact) mass is 507 g/mol. The average molecular weight is 508 g/mol. The van der Waals surface area contributed by atoms with Crippen molar-refractivity contribution in [3.8, 4) is 0 Å². The Morgan fingerprint density at radius 2 is 1.71 bits per heavy atom. The van der Waals surface area contributed by atoms with Crippen molar-refractivity contribution >= 4 is 27.5 Å². The number of ether oxygens (including phenoxy) is 1. The molecule has 9 heteroatoms. The zero-order valence-corrected chi connectivity index (χ0v) is 20.0. The molecule has 3 aromatic carbocycles. The Morgan fingerprint density at radius 1 is 1.03 bits per heavy atom. The number of nitrogens with one attached hydrogen (secondary N) is 1. The number of halogens is 3. The average Bonchev–Trinajstić information content (AvgIpc) is 2.81. The molecule has 5 nitrogen and oxygen atoms in total. The Bertz CT molecular complexity index is 1220. The van der Waals surface area contributed by atoms with Gasteiger partial charge in [0.2, 0.25) is 0 Å². The summed E-state index contributed by atoms with van der Waals surface area (Å²) in [4.78, 5) is 12.0. The topological polar surface area (TPSA) is 72.5 Å². The molecular formula is C25H24ClF2NO4S. The first-order chi connectivity index (χ1) is 16.2. The van der Waals surface area contributed by atoms with E-state index in [1.54, 1.807) is 0 Å². The van der Waals surface area contributed by atoms with Crippen LogP contribution in [0.5, 0.6) is 0 Å². The molecule has 180 valence electrons. The van der Waals surface area contributed by atoms with E-state index in [0.717, 1.165) is 23.8 Å². The van der Waals surface area contributed by atoms with Crippen LogP contribution in [0.4, 0.5) is 13.6 Å². The molecule has 0 heterocycles. The standard InChI is InChI=1S/C25H24ClF2NO4S/c1-17(16-33-25(30)29-14-13-18-5-3-2-4-6-18)24(22-15-20(27)9-12-23(22)28)34(31,32)21-10-7-19(26)8-11-21/h2-12,15,17,24H,13-14,16H2,1H3,(H,29,30)/t17-,24+/m1/s1. The van der Waals surface area contributed by atoms with Gasteiger partial charge in [0.25, 0.3) is 0 Å². The van der Waals surface area contributed by atoms with E-state index in [2.05, 4.69) is 5.32 Å². The summed E-state index contributed by atoms with van der Waals surface area (Å²) in [5.41, 5.74) is 0.697. The highest BCUT2D eigenvalue weighted by Crippen LogP contribution is 2.37. The van der Waals surface area contributed by atoms with Gasteiger partial charge >= 0.3 is 6.09 Å². The van der Waals surface area contributed by atoms with Gasteiger partial charge in [0, 0.05) is 23.0 Å². The molecule has 3 rings (SSSR count). The first kappa shape index (κ1) is 25.6. The second-order valence-electron chi connectivity index (χ2n) is 7.82. The molecule has 0 aromatic heterocycles. The number of amides is 1. The number of rotatable bonds is 9. The lowest BCUT2D eigenvalue weighted by Crippen LogP contribution is -2.31. The van der Waals surface area contributed by atoms with Gasteiger partial charge in [0.1, 0.15) is 11.6 Å². The van der Waals surface area contributed by atoms with E-state index in [1.807, 2.05) is 30.3 Å². The minimum atomic E-state index is -4.19. The van der Waals surface area contributed by atoms with E-state index in [1.165, 1.54) is 31.2 Å². The number of carbonyl (C=O) groups is 1. The van der Waals surface area contributed by atoms with Crippen molar-refractivity contribution in [3.63, 3.8) is 0 Å². The molecule has 3 aromatic rings. The third-order valence-corrected chi connectivity index (χ3v) is 7.83. The van der Waals surface area contributed by atoms with Crippen molar-refractivity contribution in [2.75, 3.05) is 13.2 Å². The zero-order valence-electron chi connectivity index (χ0n) is 18.4. The van der Waals surface area contributed by atoms with Crippen molar-refractivity contribution in [1.29, 1.82) is 0 Å². The van der Waals surface area contributed by atoms with Gasteiger partial charge in [-0.3, -0.25) is 0 Å². The van der Waals surface area contributed by atoms with E-state index < -0.39 is 38.7 Å². The van der Waals surface area contributed by atoms with E-state index in [0.29, 0.717) is 18.0 Å². The van der Waals surface area contributed by atoms with E-state index in [-0.39, 0.29) is 17.1 Å². The molecule has 1 N–H and O–H groups in total. The predicted molar refractivity (Wildman–Crippen MR) is 126 cm³/mol. The molecule has 0 saturated carbocycles. The van der Waals surface area contributed by atoms with Gasteiger partial charge in [0.15, 0.2) is 9.84 Å². The van der Waals surface area contributed by atoms with Gasteiger partial charge in [0.05, 0.1) is 16.8 Å². The molecule has 0 aliphatic carbocycles. The predicted octanol–water partition coefficient (Wildman–Crippen LogP) is 5.74. The number of sulfone groups is 1. The summed E-state index contributed by atoms with van der Waals surface area (Å²) < 4.78 is 60.7. The molecule has 0 saturated heterocycles. The number of carbonyl (C=O) groups excluding carboxylic acids is 1. The summed E-state index contributed by atoms with van der Waals surface area (Å²) in [6, 6.07) is 17.5. The van der Waals surface area contributed by atoms with Gasteiger partial charge in [-0.15, -0.1) is 0 Å². The number of hydrogen-bond donors (Lipinski definition) is 1. The summed E-state index contributed by atoms with van der Waals surface area (Å²) in [5, 5.41) is 1.43. The SMILES string of the molecule is C[C@H](COC(=O)NCCc1ccccc1)[C@@H](c1cc(F)ccc1F)S(=O)(=O)c1ccc(Cl)cc1. The number of benzene rings is 3. The largest absolute Gasteiger partial charge is 0.449 e. The van der Waals surface area contributed by atoms with Crippen LogP contribution in [0.3, 0.4) is 0 Å². The molecule has 0 spiro atoms. The van der Waals surface area contributed by atoms with E-state index in [4.69, 9.17) is 16.3 Å². The fourth-order valence-electron chi connectivity index (χ4n) is 3.58. The number of hydrogen-bond acceptors (Lipinski definition) is 4. The lowest BCUT2D eigenvalue weighted by molar-refractivity contribution is 0.128. The van der Waals surface area contributed by atoms with Crippen LogP contribution in [-0.2, 0) is 21.0 Å². The van der Waals surface area contributed by atoms with Crippen LogP contribution in [0, 0.1) is 17.6 Å². The normalized spacial score (nSPS) is 13.2. The highest BCUT2D eigenvalue weighted by Gasteiger charge is 2.36. The fraction of sp³-hybridized carbons (Fsp3) is 0.240. The zero-order chi connectivity index (χ0) is 24.7. The highest BCUT2D eigenvalue weighted by molar-refractivity contribution is 7.91. The Morgan fingerprint density at radius 3 is 2.38 bits per heavy atom. The Balaban J connectivity index is 1.75. The second kappa shape index (κ2) is 11.4. The Labute approximate surface area is 202 Å². The minimum Gasteiger partial charge on any atom is -0.449 e. The van der Waals surface area contributed by atoms with Crippen LogP contribution in [0.25, 0.3) is 0 Å². The quantitative estimate of drug-likeness (QED) is 0.401. The maximum atomic E-state index is 14.6. The maximum Gasteiger partial charge on any atom is 0.407 e. The first-order valence-corrected chi connectivity index (χ1v) is 12.5. The molecule has 0 aliphatic heterocycles. The second-order valence-corrected chi connectivity index (χ2v) is 10.3. The van der Waals surface area contributed by atoms with Crippen LogP contribution in [0.15, 0.2) is 77.7 Å². The lowest BCUT2D eigenvalue weighted by Gasteiger charge is -2.25. The third kappa shape index (κ3) is 6.55. The summed E-state index contributed by atoms with van der Waals surface area (Å²) in [6.45, 7) is 1.49. The van der Waals surface area contributed by atoms with Gasteiger partial charge in [-0.05, 0) is 54.4 Å². The fourth-order valence-corrected chi connectivity index (χ4v) is 5.72. The van der Waals surface area contributed by atoms with E-state index >= 15 is 0 Å². The number of alkyl carbamates (subject to hydrolysis) is 1. The van der Waals surface area contributed by atoms with Crippen LogP contribution < -0.4 is 5.32 Å². The van der Waals surface area contributed by atoms with Crippen molar-refractivity contribution in [3.05, 3.63) is 101 Å². The highest BCUT2D eigenvalue weighted by atomic mass is 35.5. The Kier molecular flexibility index (Phi) is 8.63. The van der Waals surface area contributed by atoms with Crippen molar-refractivity contribution in [2.45, 2.75) is 23.5 Å². The smallest absolute Gasteiger partial charge is 0.407 e. The summed E-state index contributed by atoms with van der Waals surface area (Å²) in [6.07, 6.45) is -0.141. The molecule has 2 atom stereocenters. The summed E-state index contributed by atoms with van der Waals surface area (Å²) in [7, 11) is -4.19. The molecule has 0 radical (unpaired) electrons. The maximum absolute atomic E-state index is 14.6. The van der Waals surface area contributed by atoms with Crippen LogP contribution in [0.1, 0.15) is 23.3 Å². The molecule has 1 amide bonds. The lowest BCUT2D eigenvalue weighted by atomic mass is 10.0. The van der Waals surface area contributed by atoms with Gasteiger partial charge in [-0.25, -0.2) is 22.0 Å². The van der Waals surface area contributed by atoms with Gasteiger partial charge in [-0.2, -0.15) is 0 Å². The van der Waals surface area contributed by atoms with E-state index in [9.17, 15) is 22.0 Å². The van der Waals surface area contributed by atoms with Crippen LogP contribution in [-0.4, -0.2) is 27.7 Å². The molecule has 34 heavy (non-hydrogen) atoms. The van der Waals surface area contributed by atoms with Crippen molar-refractivity contribution in [2.24, 2.45) is 5.92 Å². The van der Waals surface area contributed by atoms with Gasteiger partial charge in [-0.1, -0.05) is 48.9 Å². The summed E-state index contributed by atoms with van der Waals surface area (Å²) in [5.74, 6) is -2.54. The minimum absolute atomic E-state index is 0.107. The van der Waals surface area contributed by atoms with Gasteiger partial charge < -0.3 is 10.1 Å².